The van der Waals surface area contributed by atoms with Crippen LogP contribution in [0, 0.1) is 0 Å². The van der Waals surface area contributed by atoms with Crippen molar-refractivity contribution in [3.05, 3.63) is 48.1 Å². The number of anilines is 1. The molecule has 0 aliphatic carbocycles. The summed E-state index contributed by atoms with van der Waals surface area (Å²) < 4.78 is 0. The van der Waals surface area contributed by atoms with Crippen molar-refractivity contribution in [1.82, 2.24) is 10.4 Å². The van der Waals surface area contributed by atoms with Gasteiger partial charge in [0.1, 0.15) is 0 Å². The Hall–Kier alpha value is -2.60. The Balaban J connectivity index is 2.41. The Morgan fingerprint density at radius 2 is 1.79 bits per heavy atom. The van der Waals surface area contributed by atoms with Gasteiger partial charge in [-0.3, -0.25) is 14.8 Å². The third-order valence-corrected chi connectivity index (χ3v) is 3.45. The number of nitrogens with one attached hydrogen (secondary N) is 1. The molecule has 2 amide bonds. The van der Waals surface area contributed by atoms with Gasteiger partial charge >= 0.3 is 0 Å². The van der Waals surface area contributed by atoms with E-state index in [1.165, 1.54) is 11.0 Å². The Kier molecular flexibility index (Phi) is 8.29. The van der Waals surface area contributed by atoms with E-state index < -0.39 is 5.91 Å². The zero-order valence-electron chi connectivity index (χ0n) is 14.4. The van der Waals surface area contributed by atoms with Gasteiger partial charge in [-0.1, -0.05) is 30.4 Å². The van der Waals surface area contributed by atoms with Crippen LogP contribution in [0.15, 0.2) is 42.5 Å². The molecule has 0 spiro atoms. The van der Waals surface area contributed by atoms with Gasteiger partial charge in [0.15, 0.2) is 0 Å². The first-order valence-electron chi connectivity index (χ1n) is 7.74. The van der Waals surface area contributed by atoms with Crippen LogP contribution in [0.4, 0.5) is 5.69 Å². The number of benzene rings is 1. The molecule has 1 rings (SSSR count). The van der Waals surface area contributed by atoms with Crippen LogP contribution in [0.2, 0.25) is 0 Å². The highest BCUT2D eigenvalue weighted by Crippen LogP contribution is 2.13. The van der Waals surface area contributed by atoms with Crippen molar-refractivity contribution in [2.75, 3.05) is 32.6 Å². The van der Waals surface area contributed by atoms with E-state index in [1.807, 2.05) is 55.4 Å². The first-order valence-corrected chi connectivity index (χ1v) is 7.74. The van der Waals surface area contributed by atoms with Crippen LogP contribution in [0.1, 0.15) is 18.4 Å². The molecule has 6 nitrogen and oxygen atoms in total. The molecule has 0 saturated heterocycles. The summed E-state index contributed by atoms with van der Waals surface area (Å²) in [6.45, 7) is 0.451. The highest BCUT2D eigenvalue weighted by Gasteiger charge is 2.05. The minimum absolute atomic E-state index is 0.132. The van der Waals surface area contributed by atoms with Crippen LogP contribution in [0.3, 0.4) is 0 Å². The van der Waals surface area contributed by atoms with Gasteiger partial charge in [0, 0.05) is 45.9 Å². The molecule has 0 aliphatic rings. The quantitative estimate of drug-likeness (QED) is 0.331. The average molecular weight is 331 g/mol. The van der Waals surface area contributed by atoms with Crippen molar-refractivity contribution in [2.45, 2.75) is 12.8 Å². The van der Waals surface area contributed by atoms with Crippen LogP contribution in [-0.2, 0) is 9.59 Å². The fourth-order valence-corrected chi connectivity index (χ4v) is 1.96. The Bertz CT molecular complexity index is 592. The summed E-state index contributed by atoms with van der Waals surface area (Å²) in [6.07, 6.45) is 7.59. The lowest BCUT2D eigenvalue weighted by atomic mass is 10.2. The highest BCUT2D eigenvalue weighted by molar-refractivity contribution is 5.87. The summed E-state index contributed by atoms with van der Waals surface area (Å²) >= 11 is 0. The van der Waals surface area contributed by atoms with Crippen LogP contribution in [-0.4, -0.2) is 49.6 Å². The van der Waals surface area contributed by atoms with E-state index >= 15 is 0 Å². The van der Waals surface area contributed by atoms with Crippen LogP contribution < -0.4 is 10.4 Å². The fraction of sp³-hybridized carbons (Fsp3) is 0.333. The summed E-state index contributed by atoms with van der Waals surface area (Å²) in [5.74, 6) is -0.582. The lowest BCUT2D eigenvalue weighted by Crippen LogP contribution is -2.27. The second-order valence-corrected chi connectivity index (χ2v) is 5.60. The molecular formula is C18H25N3O3. The topological polar surface area (TPSA) is 72.9 Å². The van der Waals surface area contributed by atoms with Crippen molar-refractivity contribution < 1.29 is 14.8 Å². The van der Waals surface area contributed by atoms with Crippen LogP contribution in [0.25, 0.3) is 6.08 Å². The van der Waals surface area contributed by atoms with Crippen molar-refractivity contribution in [3.8, 4) is 0 Å². The Labute approximate surface area is 143 Å². The Morgan fingerprint density at radius 1 is 1.12 bits per heavy atom. The maximum Gasteiger partial charge on any atom is 0.246 e. The van der Waals surface area contributed by atoms with E-state index in [2.05, 4.69) is 0 Å². The monoisotopic (exact) mass is 331 g/mol. The Morgan fingerprint density at radius 3 is 2.38 bits per heavy atom. The normalized spacial score (nSPS) is 11.0. The van der Waals surface area contributed by atoms with Gasteiger partial charge in [-0.15, -0.1) is 0 Å². The number of amides is 2. The van der Waals surface area contributed by atoms with Gasteiger partial charge in [-0.05, 0) is 24.1 Å². The molecule has 2 N–H and O–H groups in total. The number of likely N-dealkylation sites (N-methyl/N-ethyl adjacent to an activating group) is 1. The number of rotatable bonds is 8. The number of nitrogens with zero attached hydrogens (tertiary/aromatic N) is 2. The molecule has 0 aromatic heterocycles. The average Bonchev–Trinajstić information content (AvgIpc) is 2.58. The molecule has 1 aromatic rings. The molecule has 0 aliphatic heterocycles. The molecular weight excluding hydrogens is 306 g/mol. The fourth-order valence-electron chi connectivity index (χ4n) is 1.96. The summed E-state index contributed by atoms with van der Waals surface area (Å²) in [5, 5.41) is 8.39. The van der Waals surface area contributed by atoms with Crippen molar-refractivity contribution in [3.63, 3.8) is 0 Å². The predicted molar refractivity (Wildman–Crippen MR) is 95.7 cm³/mol. The van der Waals surface area contributed by atoms with Crippen molar-refractivity contribution in [2.24, 2.45) is 0 Å². The molecule has 0 fully saturated rings. The lowest BCUT2D eigenvalue weighted by molar-refractivity contribution is -0.130. The molecule has 0 atom stereocenters. The minimum Gasteiger partial charge on any atom is -0.378 e. The lowest BCUT2D eigenvalue weighted by Gasteiger charge is -2.14. The van der Waals surface area contributed by atoms with Gasteiger partial charge in [0.05, 0.1) is 0 Å². The molecule has 130 valence electrons. The number of hydrogen-bond donors (Lipinski definition) is 2. The predicted octanol–water partition coefficient (Wildman–Crippen LogP) is 2.07. The van der Waals surface area contributed by atoms with Gasteiger partial charge < -0.3 is 9.80 Å². The third kappa shape index (κ3) is 7.11. The summed E-state index contributed by atoms with van der Waals surface area (Å²) in [7, 11) is 5.66. The van der Waals surface area contributed by atoms with Gasteiger partial charge in [-0.25, -0.2) is 5.48 Å². The van der Waals surface area contributed by atoms with E-state index in [1.54, 1.807) is 18.6 Å². The molecule has 0 unspecified atom stereocenters. The van der Waals surface area contributed by atoms with Gasteiger partial charge in [0.25, 0.3) is 0 Å². The zero-order chi connectivity index (χ0) is 17.9. The SMILES string of the molecule is CN(CCCC(=O)NO)C(=O)/C=C/C=C/c1ccc(N(C)C)cc1. The van der Waals surface area contributed by atoms with Crippen LogP contribution >= 0.6 is 0 Å². The summed E-state index contributed by atoms with van der Waals surface area (Å²) in [4.78, 5) is 26.3. The zero-order valence-corrected chi connectivity index (χ0v) is 14.4. The molecule has 0 heterocycles. The van der Waals surface area contributed by atoms with E-state index in [9.17, 15) is 9.59 Å². The van der Waals surface area contributed by atoms with E-state index in [0.717, 1.165) is 11.3 Å². The number of hydroxylamine groups is 1. The maximum atomic E-state index is 11.9. The van der Waals surface area contributed by atoms with E-state index in [4.69, 9.17) is 5.21 Å². The highest BCUT2D eigenvalue weighted by atomic mass is 16.5. The molecule has 0 bridgehead atoms. The van der Waals surface area contributed by atoms with E-state index in [0.29, 0.717) is 13.0 Å². The number of carbonyl (C=O) groups excluding carboxylic acids is 2. The largest absolute Gasteiger partial charge is 0.378 e. The second-order valence-electron chi connectivity index (χ2n) is 5.60. The van der Waals surface area contributed by atoms with E-state index in [-0.39, 0.29) is 12.3 Å². The minimum atomic E-state index is -0.449. The van der Waals surface area contributed by atoms with Gasteiger partial charge in [-0.2, -0.15) is 0 Å². The molecule has 0 saturated carbocycles. The standard InChI is InChI=1S/C18H25N3O3/c1-20(2)16-12-10-15(11-13-16)7-4-5-9-18(23)21(3)14-6-8-17(22)19-24/h4-5,7,9-13,24H,6,8,14H2,1-3H3,(H,19,22)/b7-4+,9-5+. The number of carbonyl (C=O) groups is 2. The smallest absolute Gasteiger partial charge is 0.246 e. The molecule has 6 heteroatoms. The summed E-state index contributed by atoms with van der Waals surface area (Å²) in [6, 6.07) is 8.09. The second kappa shape index (κ2) is 10.2. The molecule has 0 radical (unpaired) electrons. The number of allylic oxidation sites excluding steroid dienone is 2. The third-order valence-electron chi connectivity index (χ3n) is 3.45. The van der Waals surface area contributed by atoms with Crippen molar-refractivity contribution >= 4 is 23.6 Å². The maximum absolute atomic E-state index is 11.9. The van der Waals surface area contributed by atoms with Crippen LogP contribution in [0.5, 0.6) is 0 Å². The van der Waals surface area contributed by atoms with Crippen molar-refractivity contribution in [1.29, 1.82) is 0 Å². The first kappa shape index (κ1) is 19.4. The molecule has 24 heavy (non-hydrogen) atoms. The van der Waals surface area contributed by atoms with Gasteiger partial charge in [0.2, 0.25) is 11.8 Å². The molecule has 1 aromatic carbocycles. The first-order chi connectivity index (χ1) is 11.4. The number of hydrogen-bond acceptors (Lipinski definition) is 4. The summed E-state index contributed by atoms with van der Waals surface area (Å²) in [5.41, 5.74) is 3.76.